The summed E-state index contributed by atoms with van der Waals surface area (Å²) in [5.74, 6) is -0.604. The molecule has 0 aromatic heterocycles. The Bertz CT molecular complexity index is 1220. The Labute approximate surface area is 190 Å². The number of benzene rings is 3. The van der Waals surface area contributed by atoms with E-state index in [0.717, 1.165) is 5.56 Å². The number of carbonyl (C=O) groups is 2. The number of ketones is 1. The van der Waals surface area contributed by atoms with Gasteiger partial charge in [0.05, 0.1) is 5.70 Å². The van der Waals surface area contributed by atoms with Crippen molar-refractivity contribution in [1.82, 2.24) is 5.32 Å². The van der Waals surface area contributed by atoms with Gasteiger partial charge in [-0.3, -0.25) is 9.59 Å². The Morgan fingerprint density at radius 1 is 0.969 bits per heavy atom. The third-order valence-corrected chi connectivity index (χ3v) is 5.34. The van der Waals surface area contributed by atoms with E-state index < -0.39 is 6.04 Å². The van der Waals surface area contributed by atoms with Crippen molar-refractivity contribution >= 4 is 34.7 Å². The van der Waals surface area contributed by atoms with Crippen molar-refractivity contribution in [2.45, 2.75) is 12.5 Å². The summed E-state index contributed by atoms with van der Waals surface area (Å²) >= 11 is 6.03. The normalized spacial score (nSPS) is 15.0. The second-order valence-electron chi connectivity index (χ2n) is 7.30. The predicted molar refractivity (Wildman–Crippen MR) is 124 cm³/mol. The fourth-order valence-electron chi connectivity index (χ4n) is 3.56. The molecule has 3 aromatic rings. The lowest BCUT2D eigenvalue weighted by Crippen LogP contribution is -2.44. The standard InChI is InChI=1S/C25H20ClN3O3/c26-17-9-6-10-18(14-17)27-25(31)23(13-16-7-2-1-3-8-16)28-22-15-21(29-32)19-11-4-5-12-20(19)24(22)30/h1-12,14-15,23,28,32H,13H2,(H,27,31)/t23-/m1/s1. The first kappa shape index (κ1) is 21.3. The highest BCUT2D eigenvalue weighted by Crippen LogP contribution is 2.22. The van der Waals surface area contributed by atoms with Crippen LogP contribution in [0.4, 0.5) is 5.69 Å². The minimum atomic E-state index is -0.767. The van der Waals surface area contributed by atoms with E-state index in [1.54, 1.807) is 48.5 Å². The summed E-state index contributed by atoms with van der Waals surface area (Å²) in [5.41, 5.74) is 2.84. The van der Waals surface area contributed by atoms with Gasteiger partial charge in [-0.15, -0.1) is 0 Å². The lowest BCUT2D eigenvalue weighted by Gasteiger charge is -2.24. The summed E-state index contributed by atoms with van der Waals surface area (Å²) in [7, 11) is 0. The average Bonchev–Trinajstić information content (AvgIpc) is 2.81. The molecule has 0 unspecified atom stereocenters. The third-order valence-electron chi connectivity index (χ3n) is 5.10. The molecule has 0 saturated carbocycles. The van der Waals surface area contributed by atoms with Gasteiger partial charge >= 0.3 is 0 Å². The number of allylic oxidation sites excluding steroid dienone is 2. The van der Waals surface area contributed by atoms with E-state index in [4.69, 9.17) is 11.6 Å². The number of hydrogen-bond donors (Lipinski definition) is 3. The summed E-state index contributed by atoms with van der Waals surface area (Å²) in [5, 5.41) is 19.2. The molecule has 0 radical (unpaired) electrons. The van der Waals surface area contributed by atoms with Gasteiger partial charge < -0.3 is 15.8 Å². The van der Waals surface area contributed by atoms with E-state index in [9.17, 15) is 14.8 Å². The first-order chi connectivity index (χ1) is 15.5. The number of fused-ring (bicyclic) bond motifs is 1. The van der Waals surface area contributed by atoms with Gasteiger partial charge in [0.25, 0.3) is 0 Å². The van der Waals surface area contributed by atoms with Crippen LogP contribution in [-0.2, 0) is 11.2 Å². The minimum Gasteiger partial charge on any atom is -0.410 e. The molecule has 0 fully saturated rings. The van der Waals surface area contributed by atoms with Crippen LogP contribution in [0.25, 0.3) is 0 Å². The van der Waals surface area contributed by atoms with Gasteiger partial charge in [0.1, 0.15) is 11.8 Å². The molecule has 1 atom stereocenters. The second-order valence-corrected chi connectivity index (χ2v) is 7.74. The van der Waals surface area contributed by atoms with Gasteiger partial charge in [-0.25, -0.2) is 0 Å². The Morgan fingerprint density at radius 3 is 2.41 bits per heavy atom. The molecule has 0 saturated heterocycles. The van der Waals surface area contributed by atoms with E-state index in [1.807, 2.05) is 30.3 Å². The molecule has 32 heavy (non-hydrogen) atoms. The summed E-state index contributed by atoms with van der Waals surface area (Å²) in [6.45, 7) is 0. The molecule has 0 spiro atoms. The quantitative estimate of drug-likeness (QED) is 0.386. The first-order valence-electron chi connectivity index (χ1n) is 10.00. The number of oxime groups is 1. The maximum atomic E-state index is 13.2. The fourth-order valence-corrected chi connectivity index (χ4v) is 3.75. The van der Waals surface area contributed by atoms with E-state index in [1.165, 1.54) is 6.08 Å². The zero-order valence-corrected chi connectivity index (χ0v) is 17.7. The molecule has 4 rings (SSSR count). The van der Waals surface area contributed by atoms with E-state index in [0.29, 0.717) is 28.3 Å². The Kier molecular flexibility index (Phi) is 6.33. The van der Waals surface area contributed by atoms with Crippen LogP contribution < -0.4 is 10.6 Å². The maximum Gasteiger partial charge on any atom is 0.247 e. The Morgan fingerprint density at radius 2 is 1.69 bits per heavy atom. The molecule has 0 heterocycles. The van der Waals surface area contributed by atoms with Crippen LogP contribution >= 0.6 is 11.6 Å². The number of nitrogens with zero attached hydrogens (tertiary/aromatic N) is 1. The van der Waals surface area contributed by atoms with Crippen molar-refractivity contribution < 1.29 is 14.8 Å². The third kappa shape index (κ3) is 4.71. The molecule has 160 valence electrons. The SMILES string of the molecule is O=C1C(N[C@H](Cc2ccccc2)C(=O)Nc2cccc(Cl)c2)=CC(=NO)c2ccccc21. The highest BCUT2D eigenvalue weighted by atomic mass is 35.5. The van der Waals surface area contributed by atoms with Crippen molar-refractivity contribution in [1.29, 1.82) is 0 Å². The van der Waals surface area contributed by atoms with Crippen LogP contribution in [0.3, 0.4) is 0 Å². The van der Waals surface area contributed by atoms with Crippen molar-refractivity contribution in [3.63, 3.8) is 0 Å². The number of anilines is 1. The molecule has 0 aliphatic heterocycles. The van der Waals surface area contributed by atoms with Crippen LogP contribution in [0.1, 0.15) is 21.5 Å². The monoisotopic (exact) mass is 445 g/mol. The van der Waals surface area contributed by atoms with Crippen molar-refractivity contribution in [2.24, 2.45) is 5.16 Å². The lowest BCUT2D eigenvalue weighted by molar-refractivity contribution is -0.117. The molecular formula is C25H20ClN3O3. The second kappa shape index (κ2) is 9.49. The smallest absolute Gasteiger partial charge is 0.247 e. The molecule has 1 aliphatic rings. The van der Waals surface area contributed by atoms with Gasteiger partial charge in [-0.1, -0.05) is 77.4 Å². The van der Waals surface area contributed by atoms with Crippen LogP contribution in [0.15, 0.2) is 95.8 Å². The topological polar surface area (TPSA) is 90.8 Å². The van der Waals surface area contributed by atoms with E-state index in [-0.39, 0.29) is 23.1 Å². The Balaban J connectivity index is 1.63. The van der Waals surface area contributed by atoms with Gasteiger partial charge in [0, 0.05) is 28.3 Å². The van der Waals surface area contributed by atoms with Gasteiger partial charge in [0.2, 0.25) is 11.7 Å². The number of nitrogens with one attached hydrogen (secondary N) is 2. The van der Waals surface area contributed by atoms with Crippen molar-refractivity contribution in [3.05, 3.63) is 112 Å². The number of hydrogen-bond acceptors (Lipinski definition) is 5. The number of rotatable bonds is 6. The number of Topliss-reactive ketones (excluding diaryl/α,β-unsaturated/α-hetero) is 1. The summed E-state index contributed by atoms with van der Waals surface area (Å²) in [4.78, 5) is 26.2. The van der Waals surface area contributed by atoms with Crippen molar-refractivity contribution in [2.75, 3.05) is 5.32 Å². The number of amides is 1. The average molecular weight is 446 g/mol. The maximum absolute atomic E-state index is 13.2. The minimum absolute atomic E-state index is 0.179. The zero-order chi connectivity index (χ0) is 22.5. The molecule has 1 aliphatic carbocycles. The van der Waals surface area contributed by atoms with Crippen LogP contribution in [-0.4, -0.2) is 28.7 Å². The highest BCUT2D eigenvalue weighted by Gasteiger charge is 2.28. The fraction of sp³-hybridized carbons (Fsp3) is 0.0800. The molecule has 3 N–H and O–H groups in total. The van der Waals surface area contributed by atoms with Crippen LogP contribution in [0.2, 0.25) is 5.02 Å². The molecule has 7 heteroatoms. The summed E-state index contributed by atoms with van der Waals surface area (Å²) in [6.07, 6.45) is 1.79. The Hall–Kier alpha value is -3.90. The van der Waals surface area contributed by atoms with E-state index in [2.05, 4.69) is 15.8 Å². The van der Waals surface area contributed by atoms with Crippen molar-refractivity contribution in [3.8, 4) is 0 Å². The molecule has 1 amide bonds. The van der Waals surface area contributed by atoms with Gasteiger partial charge in [0.15, 0.2) is 0 Å². The van der Waals surface area contributed by atoms with E-state index >= 15 is 0 Å². The number of carbonyl (C=O) groups excluding carboxylic acids is 2. The summed E-state index contributed by atoms with van der Waals surface area (Å²) < 4.78 is 0. The molecule has 0 bridgehead atoms. The molecule has 3 aromatic carbocycles. The molecular weight excluding hydrogens is 426 g/mol. The molecule has 6 nitrogen and oxygen atoms in total. The van der Waals surface area contributed by atoms with Crippen LogP contribution in [0.5, 0.6) is 0 Å². The van der Waals surface area contributed by atoms with Gasteiger partial charge in [-0.2, -0.15) is 0 Å². The summed E-state index contributed by atoms with van der Waals surface area (Å²) in [6, 6.07) is 22.4. The zero-order valence-electron chi connectivity index (χ0n) is 17.0. The van der Waals surface area contributed by atoms with Crippen LogP contribution in [0, 0.1) is 0 Å². The number of halogens is 1. The first-order valence-corrected chi connectivity index (χ1v) is 10.4. The lowest BCUT2D eigenvalue weighted by atomic mass is 9.91. The largest absolute Gasteiger partial charge is 0.410 e. The predicted octanol–water partition coefficient (Wildman–Crippen LogP) is 4.44. The van der Waals surface area contributed by atoms with Gasteiger partial charge in [-0.05, 0) is 29.8 Å². The highest BCUT2D eigenvalue weighted by molar-refractivity contribution is 6.31.